The van der Waals surface area contributed by atoms with Crippen molar-refractivity contribution in [3.05, 3.63) is 18.0 Å². The number of rotatable bonds is 4. The van der Waals surface area contributed by atoms with Crippen LogP contribution in [0.3, 0.4) is 0 Å². The number of nitrogens with zero attached hydrogens (tertiary/aromatic N) is 2. The molecule has 0 fully saturated rings. The number of hydrogen-bond acceptors (Lipinski definition) is 5. The fourth-order valence-electron chi connectivity index (χ4n) is 1.02. The van der Waals surface area contributed by atoms with Gasteiger partial charge in [-0.05, 0) is 13.0 Å². The number of hydrogen-bond donors (Lipinski definition) is 2. The lowest BCUT2D eigenvalue weighted by Crippen LogP contribution is -2.31. The van der Waals surface area contributed by atoms with E-state index in [1.807, 2.05) is 19.9 Å². The Bertz CT molecular complexity index is 345. The van der Waals surface area contributed by atoms with E-state index in [2.05, 4.69) is 15.4 Å². The van der Waals surface area contributed by atoms with Gasteiger partial charge in [0.25, 0.3) is 0 Å². The Labute approximate surface area is 92.8 Å². The highest BCUT2D eigenvalue weighted by atomic mass is 32.2. The third kappa shape index (κ3) is 4.26. The summed E-state index contributed by atoms with van der Waals surface area (Å²) < 4.78 is 0. The van der Waals surface area contributed by atoms with E-state index < -0.39 is 0 Å². The standard InChI is InChI=1S/C9H14N4OS/c1-6-3-4-11-9(12-6)15-7(2)5-8(14)13-10/h3-4,7H,5,10H2,1-2H3,(H,13,14). The molecule has 5 nitrogen and oxygen atoms in total. The zero-order valence-electron chi connectivity index (χ0n) is 8.73. The molecule has 1 aromatic heterocycles. The molecule has 1 amide bonds. The topological polar surface area (TPSA) is 80.9 Å². The van der Waals surface area contributed by atoms with Crippen molar-refractivity contribution in [1.29, 1.82) is 0 Å². The molecule has 0 saturated carbocycles. The summed E-state index contributed by atoms with van der Waals surface area (Å²) >= 11 is 1.46. The van der Waals surface area contributed by atoms with Crippen LogP contribution in [0.5, 0.6) is 0 Å². The van der Waals surface area contributed by atoms with Crippen molar-refractivity contribution in [3.8, 4) is 0 Å². The monoisotopic (exact) mass is 226 g/mol. The van der Waals surface area contributed by atoms with Gasteiger partial charge in [-0.1, -0.05) is 18.7 Å². The molecule has 6 heteroatoms. The van der Waals surface area contributed by atoms with Gasteiger partial charge in [0.15, 0.2) is 5.16 Å². The molecule has 1 heterocycles. The SMILES string of the molecule is Cc1ccnc(SC(C)CC(=O)NN)n1. The Morgan fingerprint density at radius 1 is 1.73 bits per heavy atom. The van der Waals surface area contributed by atoms with E-state index in [1.54, 1.807) is 6.20 Å². The fourth-order valence-corrected chi connectivity index (χ4v) is 1.94. The van der Waals surface area contributed by atoms with Gasteiger partial charge in [0.05, 0.1) is 0 Å². The minimum atomic E-state index is -0.178. The van der Waals surface area contributed by atoms with Crippen LogP contribution in [0.2, 0.25) is 0 Å². The Hall–Kier alpha value is -1.14. The average molecular weight is 226 g/mol. The molecule has 0 saturated heterocycles. The molecule has 3 N–H and O–H groups in total. The van der Waals surface area contributed by atoms with Gasteiger partial charge in [-0.15, -0.1) is 0 Å². The Balaban J connectivity index is 2.51. The largest absolute Gasteiger partial charge is 0.294 e. The number of thioether (sulfide) groups is 1. The van der Waals surface area contributed by atoms with Crippen molar-refractivity contribution >= 4 is 17.7 Å². The van der Waals surface area contributed by atoms with Gasteiger partial charge in [-0.3, -0.25) is 10.2 Å². The van der Waals surface area contributed by atoms with E-state index in [9.17, 15) is 4.79 Å². The zero-order chi connectivity index (χ0) is 11.3. The summed E-state index contributed by atoms with van der Waals surface area (Å²) in [6.07, 6.45) is 2.07. The predicted molar refractivity (Wildman–Crippen MR) is 59.0 cm³/mol. The smallest absolute Gasteiger partial charge is 0.234 e. The third-order valence-corrected chi connectivity index (χ3v) is 2.69. The fraction of sp³-hybridized carbons (Fsp3) is 0.444. The highest BCUT2D eigenvalue weighted by molar-refractivity contribution is 7.99. The number of amides is 1. The third-order valence-electron chi connectivity index (χ3n) is 1.71. The summed E-state index contributed by atoms with van der Waals surface area (Å²) in [5.74, 6) is 4.82. The number of aromatic nitrogens is 2. The van der Waals surface area contributed by atoms with Gasteiger partial charge >= 0.3 is 0 Å². The highest BCUT2D eigenvalue weighted by Gasteiger charge is 2.10. The van der Waals surface area contributed by atoms with Crippen LogP contribution >= 0.6 is 11.8 Å². The van der Waals surface area contributed by atoms with Crippen molar-refractivity contribution in [2.45, 2.75) is 30.7 Å². The van der Waals surface area contributed by atoms with Gasteiger partial charge in [0.1, 0.15) is 0 Å². The van der Waals surface area contributed by atoms with Gasteiger partial charge in [0, 0.05) is 23.6 Å². The van der Waals surface area contributed by atoms with E-state index in [0.29, 0.717) is 11.6 Å². The van der Waals surface area contributed by atoms with E-state index in [4.69, 9.17) is 5.84 Å². The number of nitrogens with one attached hydrogen (secondary N) is 1. The minimum Gasteiger partial charge on any atom is -0.294 e. The van der Waals surface area contributed by atoms with E-state index >= 15 is 0 Å². The van der Waals surface area contributed by atoms with Crippen LogP contribution in [0, 0.1) is 6.92 Å². The first-order chi connectivity index (χ1) is 7.11. The number of aryl methyl sites for hydroxylation is 1. The van der Waals surface area contributed by atoms with E-state index in [0.717, 1.165) is 5.69 Å². The molecule has 1 aromatic rings. The van der Waals surface area contributed by atoms with Crippen molar-refractivity contribution in [1.82, 2.24) is 15.4 Å². The summed E-state index contributed by atoms with van der Waals surface area (Å²) in [5.41, 5.74) is 3.02. The molecule has 0 spiro atoms. The number of carbonyl (C=O) groups is 1. The van der Waals surface area contributed by atoms with Crippen molar-refractivity contribution < 1.29 is 4.79 Å². The Kier molecular flexibility index (Phi) is 4.51. The first kappa shape index (κ1) is 11.9. The van der Waals surface area contributed by atoms with Gasteiger partial charge in [-0.2, -0.15) is 0 Å². The molecule has 0 bridgehead atoms. The molecule has 15 heavy (non-hydrogen) atoms. The van der Waals surface area contributed by atoms with Gasteiger partial charge < -0.3 is 0 Å². The zero-order valence-corrected chi connectivity index (χ0v) is 9.54. The molecule has 0 aromatic carbocycles. The van der Waals surface area contributed by atoms with E-state index in [-0.39, 0.29) is 11.2 Å². The van der Waals surface area contributed by atoms with Crippen LogP contribution in [0.1, 0.15) is 19.0 Å². The quantitative estimate of drug-likeness (QED) is 0.259. The first-order valence-electron chi connectivity index (χ1n) is 4.57. The molecule has 1 rings (SSSR count). The second-order valence-electron chi connectivity index (χ2n) is 3.18. The molecule has 1 atom stereocenters. The summed E-state index contributed by atoms with van der Waals surface area (Å²) in [6.45, 7) is 3.84. The molecule has 0 aliphatic rings. The summed E-state index contributed by atoms with van der Waals surface area (Å²) in [6, 6.07) is 1.83. The van der Waals surface area contributed by atoms with Crippen LogP contribution in [-0.2, 0) is 4.79 Å². The number of hydrazine groups is 1. The van der Waals surface area contributed by atoms with Gasteiger partial charge in [0.2, 0.25) is 5.91 Å². The van der Waals surface area contributed by atoms with Gasteiger partial charge in [-0.25, -0.2) is 15.8 Å². The maximum atomic E-state index is 11.0. The lowest BCUT2D eigenvalue weighted by molar-refractivity contribution is -0.121. The van der Waals surface area contributed by atoms with Crippen LogP contribution in [0.25, 0.3) is 0 Å². The molecule has 0 aliphatic heterocycles. The summed E-state index contributed by atoms with van der Waals surface area (Å²) in [5, 5.41) is 0.794. The van der Waals surface area contributed by atoms with Crippen molar-refractivity contribution in [2.24, 2.45) is 5.84 Å². The Morgan fingerprint density at radius 2 is 2.47 bits per heavy atom. The van der Waals surface area contributed by atoms with Crippen LogP contribution in [0.15, 0.2) is 17.4 Å². The van der Waals surface area contributed by atoms with Crippen molar-refractivity contribution in [2.75, 3.05) is 0 Å². The average Bonchev–Trinajstić information content (AvgIpc) is 2.17. The minimum absolute atomic E-state index is 0.107. The van der Waals surface area contributed by atoms with Crippen LogP contribution in [-0.4, -0.2) is 21.1 Å². The second kappa shape index (κ2) is 5.67. The lowest BCUT2D eigenvalue weighted by Gasteiger charge is -2.08. The molecular formula is C9H14N4OS. The van der Waals surface area contributed by atoms with Crippen LogP contribution in [0.4, 0.5) is 0 Å². The normalized spacial score (nSPS) is 12.2. The number of nitrogens with two attached hydrogens (primary N) is 1. The second-order valence-corrected chi connectivity index (χ2v) is 4.59. The maximum absolute atomic E-state index is 11.0. The molecular weight excluding hydrogens is 212 g/mol. The molecule has 1 unspecified atom stereocenters. The molecule has 0 radical (unpaired) electrons. The predicted octanol–water partition coefficient (Wildman–Crippen LogP) is 0.646. The number of carbonyl (C=O) groups excluding carboxylic acids is 1. The van der Waals surface area contributed by atoms with Crippen molar-refractivity contribution in [3.63, 3.8) is 0 Å². The highest BCUT2D eigenvalue weighted by Crippen LogP contribution is 2.21. The first-order valence-corrected chi connectivity index (χ1v) is 5.45. The molecule has 82 valence electrons. The van der Waals surface area contributed by atoms with Crippen LogP contribution < -0.4 is 11.3 Å². The summed E-state index contributed by atoms with van der Waals surface area (Å²) in [4.78, 5) is 19.3. The summed E-state index contributed by atoms with van der Waals surface area (Å²) in [7, 11) is 0. The van der Waals surface area contributed by atoms with E-state index in [1.165, 1.54) is 11.8 Å². The Morgan fingerprint density at radius 3 is 3.07 bits per heavy atom. The maximum Gasteiger partial charge on any atom is 0.234 e. The molecule has 0 aliphatic carbocycles. The lowest BCUT2D eigenvalue weighted by atomic mass is 10.3.